The smallest absolute Gasteiger partial charge is 0.249 e. The summed E-state index contributed by atoms with van der Waals surface area (Å²) in [6.07, 6.45) is 3.17. The third kappa shape index (κ3) is 5.77. The minimum atomic E-state index is -0.100. The van der Waals surface area contributed by atoms with Gasteiger partial charge in [0.25, 0.3) is 0 Å². The molecule has 14 rings (SSSR count). The number of aromatic nitrogens is 2. The first-order chi connectivity index (χ1) is 33.3. The number of anilines is 3. The van der Waals surface area contributed by atoms with E-state index >= 15 is 0 Å². The fourth-order valence-corrected chi connectivity index (χ4v) is 12.9. The van der Waals surface area contributed by atoms with E-state index in [1.165, 1.54) is 114 Å². The Kier molecular flexibility index (Phi) is 8.65. The molecule has 9 aromatic carbocycles. The maximum Gasteiger partial charge on any atom is 0.249 e. The van der Waals surface area contributed by atoms with Crippen molar-refractivity contribution in [1.82, 2.24) is 9.13 Å². The second-order valence-corrected chi connectivity index (χ2v) is 21.0. The summed E-state index contributed by atoms with van der Waals surface area (Å²) in [7, 11) is 0. The standard InChI is InChI=1S/C62H48BN3OS/c1-5-6-17-38-32-47-46-22-11-16-27-57(46)67-58(47)37-54(38)66-55-35-40(64-50-23-12-7-18-42(50)43-19-8-13-24-51(43)64)28-30-48(55)63-49-31-29-41(65-52-25-14-9-20-44(52)45-21-10-15-26-53(45)65)36-59(49)68-60-34-39(62(2,3)4)33-56(66)61(60)63/h7-16,18-37H,5-6,17H2,1-4H3. The topological polar surface area (TPSA) is 26.2 Å². The normalized spacial score (nSPS) is 13.4. The Balaban J connectivity index is 1.06. The fraction of sp³-hybridized carbons (Fsp3) is 0.129. The number of fused-ring (bicyclic) bond motifs is 13. The van der Waals surface area contributed by atoms with E-state index in [0.29, 0.717) is 0 Å². The van der Waals surface area contributed by atoms with Crippen molar-refractivity contribution < 1.29 is 4.42 Å². The van der Waals surface area contributed by atoms with Crippen LogP contribution in [0.4, 0.5) is 17.1 Å². The molecule has 6 heteroatoms. The quantitative estimate of drug-likeness (QED) is 0.156. The van der Waals surface area contributed by atoms with Crippen LogP contribution in [0.25, 0.3) is 76.9 Å². The number of hydrogen-bond acceptors (Lipinski definition) is 3. The fourth-order valence-electron chi connectivity index (χ4n) is 11.7. The molecule has 4 nitrogen and oxygen atoms in total. The number of aryl methyl sites for hydroxylation is 1. The van der Waals surface area contributed by atoms with E-state index in [-0.39, 0.29) is 12.1 Å². The zero-order valence-corrected chi connectivity index (χ0v) is 39.5. The molecule has 326 valence electrons. The van der Waals surface area contributed by atoms with E-state index in [0.717, 1.165) is 36.1 Å². The van der Waals surface area contributed by atoms with Gasteiger partial charge in [-0.15, -0.1) is 0 Å². The number of nitrogens with zero attached hydrogens (tertiary/aromatic N) is 3. The van der Waals surface area contributed by atoms with Gasteiger partial charge < -0.3 is 18.5 Å². The third-order valence-corrected chi connectivity index (χ3v) is 16.0. The maximum absolute atomic E-state index is 6.76. The lowest BCUT2D eigenvalue weighted by atomic mass is 9.34. The van der Waals surface area contributed by atoms with Crippen molar-refractivity contribution in [3.05, 3.63) is 193 Å². The molecule has 12 aromatic rings. The number of rotatable bonds is 6. The molecule has 3 aromatic heterocycles. The summed E-state index contributed by atoms with van der Waals surface area (Å²) in [6, 6.07) is 68.3. The van der Waals surface area contributed by atoms with Crippen LogP contribution in [0, 0.1) is 0 Å². The van der Waals surface area contributed by atoms with Gasteiger partial charge in [-0.25, -0.2) is 0 Å². The van der Waals surface area contributed by atoms with Gasteiger partial charge in [-0.05, 0) is 113 Å². The summed E-state index contributed by atoms with van der Waals surface area (Å²) in [6.45, 7) is 9.39. The molecular weight excluding hydrogens is 846 g/mol. The Morgan fingerprint density at radius 3 is 1.65 bits per heavy atom. The van der Waals surface area contributed by atoms with Crippen molar-refractivity contribution in [2.24, 2.45) is 0 Å². The van der Waals surface area contributed by atoms with Crippen molar-refractivity contribution in [1.29, 1.82) is 0 Å². The molecule has 0 fully saturated rings. The van der Waals surface area contributed by atoms with E-state index in [1.807, 2.05) is 11.8 Å². The largest absolute Gasteiger partial charge is 0.456 e. The summed E-state index contributed by atoms with van der Waals surface area (Å²) in [5.74, 6) is 0. The molecule has 2 aliphatic rings. The molecule has 0 spiro atoms. The van der Waals surface area contributed by atoms with Crippen molar-refractivity contribution >= 4 is 117 Å². The van der Waals surface area contributed by atoms with Gasteiger partial charge in [-0.2, -0.15) is 0 Å². The first-order valence-electron chi connectivity index (χ1n) is 24.2. The molecule has 0 radical (unpaired) electrons. The van der Waals surface area contributed by atoms with Gasteiger partial charge in [0.2, 0.25) is 6.71 Å². The zero-order chi connectivity index (χ0) is 45.4. The summed E-state index contributed by atoms with van der Waals surface area (Å²) < 4.78 is 11.7. The monoisotopic (exact) mass is 893 g/mol. The van der Waals surface area contributed by atoms with Gasteiger partial charge in [0.1, 0.15) is 11.2 Å². The number of benzene rings is 9. The van der Waals surface area contributed by atoms with Gasteiger partial charge in [0.15, 0.2) is 0 Å². The van der Waals surface area contributed by atoms with Gasteiger partial charge in [0.05, 0.1) is 27.8 Å². The summed E-state index contributed by atoms with van der Waals surface area (Å²) in [4.78, 5) is 5.26. The van der Waals surface area contributed by atoms with Crippen LogP contribution in [0.2, 0.25) is 0 Å². The van der Waals surface area contributed by atoms with Gasteiger partial charge in [0, 0.05) is 70.9 Å². The predicted octanol–water partition coefficient (Wildman–Crippen LogP) is 15.2. The highest BCUT2D eigenvalue weighted by atomic mass is 32.2. The zero-order valence-electron chi connectivity index (χ0n) is 38.7. The minimum absolute atomic E-state index is 0.0185. The van der Waals surface area contributed by atoms with Crippen LogP contribution in [0.5, 0.6) is 0 Å². The molecule has 0 unspecified atom stereocenters. The van der Waals surface area contributed by atoms with Crippen LogP contribution in [-0.4, -0.2) is 15.8 Å². The maximum atomic E-state index is 6.76. The Labute approximate surface area is 400 Å². The number of para-hydroxylation sites is 5. The van der Waals surface area contributed by atoms with Crippen LogP contribution < -0.4 is 21.3 Å². The average molecular weight is 894 g/mol. The van der Waals surface area contributed by atoms with E-state index in [2.05, 4.69) is 224 Å². The van der Waals surface area contributed by atoms with Crippen molar-refractivity contribution in [3.63, 3.8) is 0 Å². The third-order valence-electron chi connectivity index (χ3n) is 14.9. The Morgan fingerprint density at radius 2 is 1.04 bits per heavy atom. The Hall–Kier alpha value is -7.41. The minimum Gasteiger partial charge on any atom is -0.456 e. The highest BCUT2D eigenvalue weighted by Gasteiger charge is 2.43. The van der Waals surface area contributed by atoms with E-state index in [4.69, 9.17) is 4.42 Å². The molecule has 0 atom stereocenters. The molecule has 68 heavy (non-hydrogen) atoms. The molecular formula is C62H48BN3OS. The van der Waals surface area contributed by atoms with Crippen LogP contribution in [-0.2, 0) is 11.8 Å². The first-order valence-corrected chi connectivity index (χ1v) is 25.0. The summed E-state index contributed by atoms with van der Waals surface area (Å²) in [5, 5.41) is 7.42. The molecule has 0 bridgehead atoms. The summed E-state index contributed by atoms with van der Waals surface area (Å²) >= 11 is 1.94. The van der Waals surface area contributed by atoms with E-state index in [9.17, 15) is 0 Å². The lowest BCUT2D eigenvalue weighted by molar-refractivity contribution is 0.589. The molecule has 5 heterocycles. The SMILES string of the molecule is CCCCc1cc2c(cc1N1c3cc(-n4c5ccccc5c5ccccc54)ccc3B3c4ccc(-n5c6ccccc6c6ccccc65)cc4Sc4cc(C(C)(C)C)cc1c43)oc1ccccc12. The molecule has 2 aliphatic heterocycles. The highest BCUT2D eigenvalue weighted by Crippen LogP contribution is 2.48. The first kappa shape index (κ1) is 39.7. The van der Waals surface area contributed by atoms with E-state index < -0.39 is 0 Å². The lowest BCUT2D eigenvalue weighted by Crippen LogP contribution is -2.60. The van der Waals surface area contributed by atoms with Gasteiger partial charge >= 0.3 is 0 Å². The number of hydrogen-bond donors (Lipinski definition) is 0. The molecule has 0 amide bonds. The van der Waals surface area contributed by atoms with Crippen LogP contribution in [0.1, 0.15) is 51.7 Å². The molecule has 0 N–H and O–H groups in total. The highest BCUT2D eigenvalue weighted by molar-refractivity contribution is 8.00. The average Bonchev–Trinajstić information content (AvgIpc) is 4.02. The second-order valence-electron chi connectivity index (χ2n) is 19.9. The summed E-state index contributed by atoms with van der Waals surface area (Å²) in [5.41, 5.74) is 19.3. The van der Waals surface area contributed by atoms with Crippen molar-refractivity contribution in [2.75, 3.05) is 4.90 Å². The van der Waals surface area contributed by atoms with Crippen molar-refractivity contribution in [2.45, 2.75) is 62.2 Å². The van der Waals surface area contributed by atoms with Crippen molar-refractivity contribution in [3.8, 4) is 11.4 Å². The van der Waals surface area contributed by atoms with Crippen LogP contribution in [0.15, 0.2) is 196 Å². The van der Waals surface area contributed by atoms with Crippen LogP contribution >= 0.6 is 11.8 Å². The van der Waals surface area contributed by atoms with Gasteiger partial charge in [-0.3, -0.25) is 0 Å². The van der Waals surface area contributed by atoms with Gasteiger partial charge in [-0.1, -0.05) is 154 Å². The number of unbranched alkanes of at least 4 members (excludes halogenated alkanes) is 1. The molecule has 0 aliphatic carbocycles. The Bertz CT molecular complexity index is 3960. The Morgan fingerprint density at radius 1 is 0.485 bits per heavy atom. The molecule has 0 saturated carbocycles. The molecule has 0 saturated heterocycles. The number of furan rings is 1. The predicted molar refractivity (Wildman–Crippen MR) is 290 cm³/mol. The van der Waals surface area contributed by atoms with Crippen LogP contribution in [0.3, 0.4) is 0 Å². The van der Waals surface area contributed by atoms with E-state index in [1.54, 1.807) is 0 Å². The lowest BCUT2D eigenvalue weighted by Gasteiger charge is -2.42. The second kappa shape index (κ2) is 14.8.